The summed E-state index contributed by atoms with van der Waals surface area (Å²) >= 11 is 0. The van der Waals surface area contributed by atoms with Crippen molar-refractivity contribution in [1.82, 2.24) is 4.90 Å². The Kier molecular flexibility index (Phi) is 6.11. The SMILES string of the molecule is CCC(CO)N(CCC(=O)O)C(=O)c1ccc(F)cc1. The van der Waals surface area contributed by atoms with Crippen molar-refractivity contribution >= 4 is 11.9 Å². The van der Waals surface area contributed by atoms with Crippen LogP contribution in [-0.2, 0) is 4.79 Å². The molecular formula is C14H18FNO4. The Hall–Kier alpha value is -1.95. The standard InChI is InChI=1S/C14H18FNO4/c1-2-12(9-17)16(8-7-13(18)19)14(20)10-3-5-11(15)6-4-10/h3-6,12,17H,2,7-9H2,1H3,(H,18,19). The average molecular weight is 283 g/mol. The fourth-order valence-electron chi connectivity index (χ4n) is 1.87. The fourth-order valence-corrected chi connectivity index (χ4v) is 1.87. The molecule has 0 aliphatic carbocycles. The van der Waals surface area contributed by atoms with Gasteiger partial charge in [0.05, 0.1) is 19.1 Å². The Morgan fingerprint density at radius 2 is 1.90 bits per heavy atom. The van der Waals surface area contributed by atoms with Gasteiger partial charge in [-0.05, 0) is 30.7 Å². The van der Waals surface area contributed by atoms with Crippen LogP contribution in [0.15, 0.2) is 24.3 Å². The van der Waals surface area contributed by atoms with E-state index in [1.165, 1.54) is 29.2 Å². The highest BCUT2D eigenvalue weighted by molar-refractivity contribution is 5.94. The highest BCUT2D eigenvalue weighted by atomic mass is 19.1. The van der Waals surface area contributed by atoms with Crippen molar-refractivity contribution in [3.8, 4) is 0 Å². The molecule has 1 unspecified atom stereocenters. The monoisotopic (exact) mass is 283 g/mol. The van der Waals surface area contributed by atoms with Gasteiger partial charge in [-0.25, -0.2) is 4.39 Å². The first-order valence-electron chi connectivity index (χ1n) is 6.38. The van der Waals surface area contributed by atoms with Crippen molar-refractivity contribution in [2.75, 3.05) is 13.2 Å². The number of benzene rings is 1. The van der Waals surface area contributed by atoms with E-state index >= 15 is 0 Å². The van der Waals surface area contributed by atoms with Gasteiger partial charge in [0.15, 0.2) is 0 Å². The van der Waals surface area contributed by atoms with Crippen molar-refractivity contribution in [3.05, 3.63) is 35.6 Å². The number of hydrogen-bond acceptors (Lipinski definition) is 3. The van der Waals surface area contributed by atoms with E-state index in [1.54, 1.807) is 6.92 Å². The predicted molar refractivity (Wildman–Crippen MR) is 70.9 cm³/mol. The lowest BCUT2D eigenvalue weighted by atomic mass is 10.1. The number of aliphatic carboxylic acids is 1. The number of carbonyl (C=O) groups excluding carboxylic acids is 1. The number of carboxylic acids is 1. The molecule has 1 aromatic rings. The minimum atomic E-state index is -1.02. The maximum atomic E-state index is 12.9. The number of aliphatic hydroxyl groups is 1. The summed E-state index contributed by atoms with van der Waals surface area (Å²) in [5.41, 5.74) is 0.267. The number of rotatable bonds is 7. The third kappa shape index (κ3) is 4.31. The Morgan fingerprint density at radius 1 is 1.30 bits per heavy atom. The summed E-state index contributed by atoms with van der Waals surface area (Å²) in [6.45, 7) is 1.56. The van der Waals surface area contributed by atoms with Gasteiger partial charge in [0, 0.05) is 12.1 Å². The molecule has 1 atom stereocenters. The van der Waals surface area contributed by atoms with E-state index in [4.69, 9.17) is 5.11 Å². The molecule has 1 amide bonds. The highest BCUT2D eigenvalue weighted by Gasteiger charge is 2.23. The van der Waals surface area contributed by atoms with E-state index in [2.05, 4.69) is 0 Å². The van der Waals surface area contributed by atoms with Crippen molar-refractivity contribution in [2.45, 2.75) is 25.8 Å². The third-order valence-corrected chi connectivity index (χ3v) is 3.04. The quantitative estimate of drug-likeness (QED) is 0.795. The molecule has 1 rings (SSSR count). The minimum absolute atomic E-state index is 0.00457. The molecule has 0 saturated carbocycles. The van der Waals surface area contributed by atoms with Gasteiger partial charge in [0.1, 0.15) is 5.82 Å². The molecule has 0 fully saturated rings. The number of amides is 1. The minimum Gasteiger partial charge on any atom is -0.481 e. The van der Waals surface area contributed by atoms with E-state index in [1.807, 2.05) is 0 Å². The molecule has 1 aromatic carbocycles. The normalized spacial score (nSPS) is 11.9. The summed E-state index contributed by atoms with van der Waals surface area (Å²) in [7, 11) is 0. The largest absolute Gasteiger partial charge is 0.481 e. The summed E-state index contributed by atoms with van der Waals surface area (Å²) < 4.78 is 12.9. The molecule has 0 saturated heterocycles. The van der Waals surface area contributed by atoms with Crippen molar-refractivity contribution in [1.29, 1.82) is 0 Å². The van der Waals surface area contributed by atoms with E-state index in [0.29, 0.717) is 6.42 Å². The molecule has 6 heteroatoms. The van der Waals surface area contributed by atoms with Crippen molar-refractivity contribution in [2.24, 2.45) is 0 Å². The molecule has 0 heterocycles. The van der Waals surface area contributed by atoms with E-state index in [0.717, 1.165) is 0 Å². The molecule has 0 aromatic heterocycles. The van der Waals surface area contributed by atoms with Crippen LogP contribution in [0, 0.1) is 5.82 Å². The van der Waals surface area contributed by atoms with Crippen LogP contribution in [0.1, 0.15) is 30.1 Å². The smallest absolute Gasteiger partial charge is 0.305 e. The second-order valence-electron chi connectivity index (χ2n) is 4.39. The summed E-state index contributed by atoms with van der Waals surface area (Å²) in [5.74, 6) is -1.88. The topological polar surface area (TPSA) is 77.8 Å². The summed E-state index contributed by atoms with van der Waals surface area (Å²) in [5, 5.41) is 18.0. The van der Waals surface area contributed by atoms with Gasteiger partial charge < -0.3 is 15.1 Å². The Labute approximate surface area is 116 Å². The molecule has 0 spiro atoms. The van der Waals surface area contributed by atoms with E-state index in [-0.39, 0.29) is 25.1 Å². The van der Waals surface area contributed by atoms with Crippen LogP contribution >= 0.6 is 0 Å². The van der Waals surface area contributed by atoms with Gasteiger partial charge in [0.25, 0.3) is 5.91 Å². The zero-order chi connectivity index (χ0) is 15.1. The second-order valence-corrected chi connectivity index (χ2v) is 4.39. The Balaban J connectivity index is 2.93. The van der Waals surface area contributed by atoms with Crippen LogP contribution in [0.5, 0.6) is 0 Å². The van der Waals surface area contributed by atoms with Gasteiger partial charge in [-0.1, -0.05) is 6.92 Å². The second kappa shape index (κ2) is 7.59. The zero-order valence-corrected chi connectivity index (χ0v) is 11.3. The number of halogens is 1. The molecule has 110 valence electrons. The number of aliphatic hydroxyl groups excluding tert-OH is 1. The average Bonchev–Trinajstić information content (AvgIpc) is 2.43. The van der Waals surface area contributed by atoms with Gasteiger partial charge in [-0.15, -0.1) is 0 Å². The number of nitrogens with zero attached hydrogens (tertiary/aromatic N) is 1. The van der Waals surface area contributed by atoms with Crippen molar-refractivity contribution in [3.63, 3.8) is 0 Å². The molecule has 2 N–H and O–H groups in total. The van der Waals surface area contributed by atoms with Crippen LogP contribution in [0.3, 0.4) is 0 Å². The van der Waals surface area contributed by atoms with Crippen LogP contribution in [0.4, 0.5) is 4.39 Å². The third-order valence-electron chi connectivity index (χ3n) is 3.04. The molecule has 0 radical (unpaired) electrons. The highest BCUT2D eigenvalue weighted by Crippen LogP contribution is 2.12. The first-order chi connectivity index (χ1) is 9.49. The number of hydrogen-bond donors (Lipinski definition) is 2. The Morgan fingerprint density at radius 3 is 2.35 bits per heavy atom. The first kappa shape index (κ1) is 16.1. The predicted octanol–water partition coefficient (Wildman–Crippen LogP) is 1.51. The van der Waals surface area contributed by atoms with E-state index < -0.39 is 23.7 Å². The molecule has 20 heavy (non-hydrogen) atoms. The van der Waals surface area contributed by atoms with Gasteiger partial charge in [-0.2, -0.15) is 0 Å². The lowest BCUT2D eigenvalue weighted by molar-refractivity contribution is -0.137. The van der Waals surface area contributed by atoms with Crippen LogP contribution < -0.4 is 0 Å². The molecular weight excluding hydrogens is 265 g/mol. The maximum absolute atomic E-state index is 12.9. The van der Waals surface area contributed by atoms with Crippen LogP contribution in [-0.4, -0.2) is 46.2 Å². The molecule has 5 nitrogen and oxygen atoms in total. The molecule has 0 aliphatic heterocycles. The van der Waals surface area contributed by atoms with Crippen LogP contribution in [0.2, 0.25) is 0 Å². The summed E-state index contributed by atoms with van der Waals surface area (Å²) in [6, 6.07) is 4.57. The number of carboxylic acid groups (broad SMARTS) is 1. The van der Waals surface area contributed by atoms with Crippen molar-refractivity contribution < 1.29 is 24.2 Å². The van der Waals surface area contributed by atoms with Gasteiger partial charge >= 0.3 is 5.97 Å². The van der Waals surface area contributed by atoms with Gasteiger partial charge in [-0.3, -0.25) is 9.59 Å². The van der Waals surface area contributed by atoms with Crippen LogP contribution in [0.25, 0.3) is 0 Å². The Bertz CT molecular complexity index is 457. The van der Waals surface area contributed by atoms with Gasteiger partial charge in [0.2, 0.25) is 0 Å². The number of carbonyl (C=O) groups is 2. The summed E-state index contributed by atoms with van der Waals surface area (Å²) in [6.07, 6.45) is 0.298. The fraction of sp³-hybridized carbons (Fsp3) is 0.429. The lowest BCUT2D eigenvalue weighted by Gasteiger charge is -2.29. The molecule has 0 bridgehead atoms. The maximum Gasteiger partial charge on any atom is 0.305 e. The summed E-state index contributed by atoms with van der Waals surface area (Å²) in [4.78, 5) is 24.3. The zero-order valence-electron chi connectivity index (χ0n) is 11.3. The first-order valence-corrected chi connectivity index (χ1v) is 6.38. The molecule has 0 aliphatic rings. The lowest BCUT2D eigenvalue weighted by Crippen LogP contribution is -2.43. The van der Waals surface area contributed by atoms with E-state index in [9.17, 15) is 19.1 Å².